The van der Waals surface area contributed by atoms with Crippen molar-refractivity contribution in [2.45, 2.75) is 52.1 Å². The molecule has 1 heterocycles. The number of hydrogen-bond donors (Lipinski definition) is 1. The number of aromatic nitrogens is 1. The van der Waals surface area contributed by atoms with Crippen LogP contribution in [-0.2, 0) is 0 Å². The maximum atomic E-state index is 10.3. The van der Waals surface area contributed by atoms with Gasteiger partial charge in [-0.1, -0.05) is 39.5 Å². The number of hydrogen-bond acceptors (Lipinski definition) is 3. The zero-order valence-corrected chi connectivity index (χ0v) is 11.7. The van der Waals surface area contributed by atoms with Crippen LogP contribution in [0.3, 0.4) is 0 Å². The molecule has 0 amide bonds. The van der Waals surface area contributed by atoms with Crippen LogP contribution in [0.2, 0.25) is 0 Å². The Hall–Kier alpha value is -1.09. The summed E-state index contributed by atoms with van der Waals surface area (Å²) in [7, 11) is 1.61. The Morgan fingerprint density at radius 2 is 2.17 bits per heavy atom. The van der Waals surface area contributed by atoms with E-state index in [4.69, 9.17) is 4.74 Å². The summed E-state index contributed by atoms with van der Waals surface area (Å²) in [6.45, 7) is 4.39. The van der Waals surface area contributed by atoms with Gasteiger partial charge in [-0.05, 0) is 18.4 Å². The summed E-state index contributed by atoms with van der Waals surface area (Å²) in [6, 6.07) is 1.84. The van der Waals surface area contributed by atoms with E-state index in [0.717, 1.165) is 18.4 Å². The molecular weight excluding hydrogens is 226 g/mol. The van der Waals surface area contributed by atoms with Crippen molar-refractivity contribution in [3.63, 3.8) is 0 Å². The molecule has 0 aromatic carbocycles. The molecule has 1 rings (SSSR count). The molecule has 0 aliphatic heterocycles. The highest BCUT2D eigenvalue weighted by Gasteiger charge is 2.17. The van der Waals surface area contributed by atoms with Gasteiger partial charge in [-0.25, -0.2) is 0 Å². The van der Waals surface area contributed by atoms with Crippen molar-refractivity contribution in [1.82, 2.24) is 4.98 Å². The Balaban J connectivity index is 2.65. The lowest BCUT2D eigenvalue weighted by Crippen LogP contribution is -2.08. The van der Waals surface area contributed by atoms with Crippen LogP contribution >= 0.6 is 0 Å². The third-order valence-corrected chi connectivity index (χ3v) is 3.50. The summed E-state index contributed by atoms with van der Waals surface area (Å²) in [4.78, 5) is 4.01. The largest absolute Gasteiger partial charge is 0.495 e. The maximum absolute atomic E-state index is 10.3. The van der Waals surface area contributed by atoms with Gasteiger partial charge in [0.2, 0.25) is 0 Å². The van der Waals surface area contributed by atoms with Gasteiger partial charge in [0.1, 0.15) is 5.75 Å². The van der Waals surface area contributed by atoms with Crippen LogP contribution in [0.25, 0.3) is 0 Å². The van der Waals surface area contributed by atoms with Crippen LogP contribution in [-0.4, -0.2) is 17.2 Å². The number of ether oxygens (including phenoxy) is 1. The van der Waals surface area contributed by atoms with Gasteiger partial charge >= 0.3 is 0 Å². The average Bonchev–Trinajstić information content (AvgIpc) is 2.43. The lowest BCUT2D eigenvalue weighted by atomic mass is 9.91. The number of pyridine rings is 1. The predicted octanol–water partition coefficient (Wildman–Crippen LogP) is 3.73. The zero-order valence-electron chi connectivity index (χ0n) is 11.7. The average molecular weight is 251 g/mol. The molecule has 3 heteroatoms. The van der Waals surface area contributed by atoms with Gasteiger partial charge in [-0.15, -0.1) is 0 Å². The van der Waals surface area contributed by atoms with E-state index in [2.05, 4.69) is 18.8 Å². The quantitative estimate of drug-likeness (QED) is 0.765. The second-order valence-corrected chi connectivity index (χ2v) is 4.79. The van der Waals surface area contributed by atoms with Crippen molar-refractivity contribution in [3.05, 3.63) is 24.0 Å². The number of aliphatic hydroxyl groups is 1. The molecule has 0 aliphatic carbocycles. The van der Waals surface area contributed by atoms with Crippen LogP contribution in [0.5, 0.6) is 5.75 Å². The van der Waals surface area contributed by atoms with Gasteiger partial charge in [0.05, 0.1) is 19.4 Å². The molecule has 0 bridgehead atoms. The van der Waals surface area contributed by atoms with E-state index in [0.29, 0.717) is 11.7 Å². The van der Waals surface area contributed by atoms with Crippen molar-refractivity contribution >= 4 is 0 Å². The fourth-order valence-electron chi connectivity index (χ4n) is 2.26. The Morgan fingerprint density at radius 3 is 2.78 bits per heavy atom. The second kappa shape index (κ2) is 8.09. The number of nitrogens with zero attached hydrogens (tertiary/aromatic N) is 1. The molecule has 0 radical (unpaired) electrons. The fraction of sp³-hybridized carbons (Fsp3) is 0.667. The fourth-order valence-corrected chi connectivity index (χ4v) is 2.26. The molecule has 0 spiro atoms. The number of aliphatic hydroxyl groups excluding tert-OH is 1. The first-order valence-electron chi connectivity index (χ1n) is 6.88. The Morgan fingerprint density at radius 1 is 1.39 bits per heavy atom. The van der Waals surface area contributed by atoms with Gasteiger partial charge in [0, 0.05) is 11.8 Å². The molecule has 3 nitrogen and oxygen atoms in total. The first-order chi connectivity index (χ1) is 8.72. The molecular formula is C15H25NO2. The predicted molar refractivity (Wildman–Crippen MR) is 73.7 cm³/mol. The van der Waals surface area contributed by atoms with Crippen molar-refractivity contribution in [3.8, 4) is 5.75 Å². The normalized spacial score (nSPS) is 14.2. The van der Waals surface area contributed by atoms with Crippen molar-refractivity contribution in [2.75, 3.05) is 7.11 Å². The van der Waals surface area contributed by atoms with Crippen molar-refractivity contribution in [2.24, 2.45) is 5.92 Å². The summed E-state index contributed by atoms with van der Waals surface area (Å²) >= 11 is 0. The summed E-state index contributed by atoms with van der Waals surface area (Å²) in [5, 5.41) is 10.3. The van der Waals surface area contributed by atoms with Crippen LogP contribution in [0, 0.1) is 5.92 Å². The van der Waals surface area contributed by atoms with E-state index in [1.807, 2.05) is 6.07 Å². The van der Waals surface area contributed by atoms with E-state index in [1.165, 1.54) is 19.3 Å². The van der Waals surface area contributed by atoms with Crippen molar-refractivity contribution in [1.29, 1.82) is 0 Å². The number of methoxy groups -OCH3 is 1. The van der Waals surface area contributed by atoms with Crippen molar-refractivity contribution < 1.29 is 9.84 Å². The third-order valence-electron chi connectivity index (χ3n) is 3.50. The highest BCUT2D eigenvalue weighted by molar-refractivity contribution is 5.31. The molecule has 0 aliphatic rings. The van der Waals surface area contributed by atoms with Crippen LogP contribution in [0.4, 0.5) is 0 Å². The molecule has 2 unspecified atom stereocenters. The third kappa shape index (κ3) is 4.30. The SMILES string of the molecule is CCCCC(CC)CC(O)c1ccncc1OC. The maximum Gasteiger partial charge on any atom is 0.142 e. The number of unbranched alkanes of at least 4 members (excludes halogenated alkanes) is 1. The van der Waals surface area contributed by atoms with E-state index >= 15 is 0 Å². The molecule has 1 N–H and O–H groups in total. The first kappa shape index (κ1) is 15.0. The van der Waals surface area contributed by atoms with Crippen LogP contribution in [0.15, 0.2) is 18.5 Å². The second-order valence-electron chi connectivity index (χ2n) is 4.79. The smallest absolute Gasteiger partial charge is 0.142 e. The molecule has 1 aromatic heterocycles. The molecule has 1 aromatic rings. The summed E-state index contributed by atoms with van der Waals surface area (Å²) in [5.74, 6) is 1.26. The minimum Gasteiger partial charge on any atom is -0.495 e. The Kier molecular flexibility index (Phi) is 6.73. The molecule has 0 saturated heterocycles. The van der Waals surface area contributed by atoms with Gasteiger partial charge < -0.3 is 9.84 Å². The van der Waals surface area contributed by atoms with E-state index in [9.17, 15) is 5.11 Å². The highest BCUT2D eigenvalue weighted by atomic mass is 16.5. The van der Waals surface area contributed by atoms with Crippen LogP contribution < -0.4 is 4.74 Å². The summed E-state index contributed by atoms with van der Waals surface area (Å²) in [6.07, 6.45) is 8.47. The molecule has 0 fully saturated rings. The van der Waals surface area contributed by atoms with E-state index in [1.54, 1.807) is 19.5 Å². The van der Waals surface area contributed by atoms with Gasteiger partial charge in [-0.2, -0.15) is 0 Å². The minimum atomic E-state index is -0.454. The topological polar surface area (TPSA) is 42.4 Å². The van der Waals surface area contributed by atoms with Gasteiger partial charge in [-0.3, -0.25) is 4.98 Å². The van der Waals surface area contributed by atoms with Crippen LogP contribution in [0.1, 0.15) is 57.6 Å². The molecule has 102 valence electrons. The number of rotatable bonds is 8. The minimum absolute atomic E-state index is 0.454. The van der Waals surface area contributed by atoms with Gasteiger partial charge in [0.25, 0.3) is 0 Å². The van der Waals surface area contributed by atoms with E-state index in [-0.39, 0.29) is 0 Å². The Bertz CT molecular complexity index is 341. The summed E-state index contributed by atoms with van der Waals surface area (Å²) < 4.78 is 5.24. The van der Waals surface area contributed by atoms with Gasteiger partial charge in [0.15, 0.2) is 0 Å². The molecule has 0 saturated carbocycles. The lowest BCUT2D eigenvalue weighted by Gasteiger charge is -2.20. The van der Waals surface area contributed by atoms with E-state index < -0.39 is 6.10 Å². The molecule has 2 atom stereocenters. The lowest BCUT2D eigenvalue weighted by molar-refractivity contribution is 0.135. The molecule has 18 heavy (non-hydrogen) atoms. The standard InChI is InChI=1S/C15H25NO2/c1-4-6-7-12(5-2)10-14(17)13-8-9-16-11-15(13)18-3/h8-9,11-12,14,17H,4-7,10H2,1-3H3. The monoisotopic (exact) mass is 251 g/mol. The first-order valence-corrected chi connectivity index (χ1v) is 6.88. The summed E-state index contributed by atoms with van der Waals surface area (Å²) in [5.41, 5.74) is 0.849. The zero-order chi connectivity index (χ0) is 13.4. The Labute approximate surface area is 110 Å². The highest BCUT2D eigenvalue weighted by Crippen LogP contribution is 2.31.